The molecule has 0 aromatic carbocycles. The number of ether oxygens (including phenoxy) is 1. The van der Waals surface area contributed by atoms with Crippen molar-refractivity contribution in [3.05, 3.63) is 11.9 Å². The van der Waals surface area contributed by atoms with E-state index in [2.05, 4.69) is 28.9 Å². The normalized spacial score (nSPS) is 17.9. The number of aromatic nitrogens is 2. The van der Waals surface area contributed by atoms with Crippen LogP contribution in [-0.4, -0.2) is 23.4 Å². The van der Waals surface area contributed by atoms with Gasteiger partial charge in [0.15, 0.2) is 5.75 Å². The largest absolute Gasteiger partial charge is 0.493 e. The van der Waals surface area contributed by atoms with E-state index in [-0.39, 0.29) is 0 Å². The molecular weight excluding hydrogens is 262 g/mol. The van der Waals surface area contributed by atoms with Gasteiger partial charge in [-0.15, -0.1) is 0 Å². The molecule has 0 spiro atoms. The number of nitrogens with one attached hydrogen (secondary N) is 1. The van der Waals surface area contributed by atoms with Crippen molar-refractivity contribution in [2.24, 2.45) is 5.92 Å². The van der Waals surface area contributed by atoms with Gasteiger partial charge in [0.1, 0.15) is 0 Å². The minimum absolute atomic E-state index is 0.356. The highest BCUT2D eigenvalue weighted by Crippen LogP contribution is 2.33. The van der Waals surface area contributed by atoms with Gasteiger partial charge in [-0.25, -0.2) is 0 Å². The van der Waals surface area contributed by atoms with Gasteiger partial charge in [-0.05, 0) is 32.2 Å². The molecule has 1 unspecified atom stereocenters. The number of nitrogens with zero attached hydrogens (tertiary/aromatic N) is 2. The zero-order valence-electron chi connectivity index (χ0n) is 13.9. The number of hydrogen-bond acceptors (Lipinski definition) is 3. The smallest absolute Gasteiger partial charge is 0.161 e. The van der Waals surface area contributed by atoms with Crippen molar-refractivity contribution in [3.63, 3.8) is 0 Å². The van der Waals surface area contributed by atoms with Crippen LogP contribution < -0.4 is 10.1 Å². The molecule has 1 heterocycles. The van der Waals surface area contributed by atoms with Crippen LogP contribution in [0.5, 0.6) is 5.75 Å². The molecule has 1 saturated carbocycles. The van der Waals surface area contributed by atoms with Crippen molar-refractivity contribution >= 4 is 0 Å². The zero-order chi connectivity index (χ0) is 15.1. The molecule has 1 aliphatic rings. The van der Waals surface area contributed by atoms with E-state index in [1.165, 1.54) is 50.6 Å². The number of hydrogen-bond donors (Lipinski definition) is 1. The highest BCUT2D eigenvalue weighted by atomic mass is 16.5. The predicted octanol–water partition coefficient (Wildman–Crippen LogP) is 3.92. The van der Waals surface area contributed by atoms with Gasteiger partial charge in [-0.3, -0.25) is 4.68 Å². The molecule has 4 nitrogen and oxygen atoms in total. The molecule has 4 heteroatoms. The summed E-state index contributed by atoms with van der Waals surface area (Å²) in [7, 11) is 1.74. The number of rotatable bonds is 8. The standard InChI is InChI=1S/C17H31N3O/c1-4-18-15(12-11-14-9-7-6-8-10-14)17-16(21-3)13-19-20(17)5-2/h13-15,18H,4-12H2,1-3H3. The lowest BCUT2D eigenvalue weighted by atomic mass is 9.85. The van der Waals surface area contributed by atoms with E-state index >= 15 is 0 Å². The lowest BCUT2D eigenvalue weighted by molar-refractivity contribution is 0.307. The summed E-state index contributed by atoms with van der Waals surface area (Å²) in [5.41, 5.74) is 1.22. The van der Waals surface area contributed by atoms with Gasteiger partial charge < -0.3 is 10.1 Å². The van der Waals surface area contributed by atoms with Crippen molar-refractivity contribution in [1.29, 1.82) is 0 Å². The second kappa shape index (κ2) is 8.42. The summed E-state index contributed by atoms with van der Waals surface area (Å²) in [5, 5.41) is 8.09. The number of aryl methyl sites for hydroxylation is 1. The van der Waals surface area contributed by atoms with Gasteiger partial charge in [0.05, 0.1) is 25.0 Å². The van der Waals surface area contributed by atoms with Gasteiger partial charge in [0.25, 0.3) is 0 Å². The van der Waals surface area contributed by atoms with Crippen molar-refractivity contribution in [2.75, 3.05) is 13.7 Å². The fourth-order valence-corrected chi connectivity index (χ4v) is 3.60. The summed E-state index contributed by atoms with van der Waals surface area (Å²) in [6.07, 6.45) is 11.5. The summed E-state index contributed by atoms with van der Waals surface area (Å²) < 4.78 is 7.60. The van der Waals surface area contributed by atoms with Gasteiger partial charge >= 0.3 is 0 Å². The Kier molecular flexibility index (Phi) is 6.55. The summed E-state index contributed by atoms with van der Waals surface area (Å²) in [4.78, 5) is 0. The molecular formula is C17H31N3O. The molecule has 1 fully saturated rings. The van der Waals surface area contributed by atoms with E-state index in [9.17, 15) is 0 Å². The van der Waals surface area contributed by atoms with Crippen LogP contribution in [0, 0.1) is 5.92 Å². The van der Waals surface area contributed by atoms with Crippen LogP contribution in [0.25, 0.3) is 0 Å². The SMILES string of the molecule is CCNC(CCC1CCCCC1)c1c(OC)cnn1CC. The minimum Gasteiger partial charge on any atom is -0.493 e. The lowest BCUT2D eigenvalue weighted by Gasteiger charge is -2.25. The first-order chi connectivity index (χ1) is 10.3. The Hall–Kier alpha value is -1.03. The number of methoxy groups -OCH3 is 1. The highest BCUT2D eigenvalue weighted by molar-refractivity contribution is 5.28. The molecule has 0 aliphatic heterocycles. The third-order valence-corrected chi connectivity index (χ3v) is 4.73. The molecule has 1 aromatic heterocycles. The van der Waals surface area contributed by atoms with Crippen molar-refractivity contribution in [3.8, 4) is 5.75 Å². The van der Waals surface area contributed by atoms with Crippen LogP contribution in [0.2, 0.25) is 0 Å². The van der Waals surface area contributed by atoms with Crippen molar-refractivity contribution < 1.29 is 4.74 Å². The second-order valence-electron chi connectivity index (χ2n) is 6.11. The zero-order valence-corrected chi connectivity index (χ0v) is 13.9. The molecule has 21 heavy (non-hydrogen) atoms. The van der Waals surface area contributed by atoms with Gasteiger partial charge in [0.2, 0.25) is 0 Å². The predicted molar refractivity (Wildman–Crippen MR) is 86.7 cm³/mol. The van der Waals surface area contributed by atoms with E-state index < -0.39 is 0 Å². The minimum atomic E-state index is 0.356. The average molecular weight is 293 g/mol. The van der Waals surface area contributed by atoms with Gasteiger partial charge in [-0.1, -0.05) is 39.0 Å². The third kappa shape index (κ3) is 4.22. The first-order valence-corrected chi connectivity index (χ1v) is 8.63. The quantitative estimate of drug-likeness (QED) is 0.789. The maximum Gasteiger partial charge on any atom is 0.161 e. The van der Waals surface area contributed by atoms with E-state index in [1.807, 2.05) is 6.20 Å². The molecule has 0 bridgehead atoms. The summed E-state index contributed by atoms with van der Waals surface area (Å²) >= 11 is 0. The van der Waals surface area contributed by atoms with E-state index in [0.29, 0.717) is 6.04 Å². The van der Waals surface area contributed by atoms with Crippen LogP contribution in [0.1, 0.15) is 70.5 Å². The Morgan fingerprint density at radius 1 is 1.33 bits per heavy atom. The molecule has 0 saturated heterocycles. The van der Waals surface area contributed by atoms with Gasteiger partial charge in [-0.2, -0.15) is 5.10 Å². The van der Waals surface area contributed by atoms with Crippen molar-refractivity contribution in [1.82, 2.24) is 15.1 Å². The molecule has 1 N–H and O–H groups in total. The van der Waals surface area contributed by atoms with Crippen LogP contribution in [0.15, 0.2) is 6.20 Å². The molecule has 1 atom stereocenters. The highest BCUT2D eigenvalue weighted by Gasteiger charge is 2.22. The summed E-state index contributed by atoms with van der Waals surface area (Å²) in [6, 6.07) is 0.356. The van der Waals surface area contributed by atoms with Crippen LogP contribution >= 0.6 is 0 Å². The maximum absolute atomic E-state index is 5.52. The van der Waals surface area contributed by atoms with E-state index in [1.54, 1.807) is 7.11 Å². The first-order valence-electron chi connectivity index (χ1n) is 8.63. The molecule has 1 aliphatic carbocycles. The van der Waals surface area contributed by atoms with E-state index in [4.69, 9.17) is 4.74 Å². The molecule has 1 aromatic rings. The Bertz CT molecular complexity index is 389. The third-order valence-electron chi connectivity index (χ3n) is 4.73. The Labute approximate surface area is 129 Å². The summed E-state index contributed by atoms with van der Waals surface area (Å²) in [6.45, 7) is 6.18. The van der Waals surface area contributed by atoms with Crippen molar-refractivity contribution in [2.45, 2.75) is 71.4 Å². The monoisotopic (exact) mass is 293 g/mol. The first kappa shape index (κ1) is 16.3. The molecule has 2 rings (SSSR count). The summed E-state index contributed by atoms with van der Waals surface area (Å²) in [5.74, 6) is 1.84. The van der Waals surface area contributed by atoms with Crippen LogP contribution in [-0.2, 0) is 6.54 Å². The van der Waals surface area contributed by atoms with Gasteiger partial charge in [0, 0.05) is 6.54 Å². The second-order valence-corrected chi connectivity index (χ2v) is 6.11. The maximum atomic E-state index is 5.52. The Morgan fingerprint density at radius 3 is 2.71 bits per heavy atom. The Balaban J connectivity index is 2.04. The van der Waals surface area contributed by atoms with Crippen LogP contribution in [0.3, 0.4) is 0 Å². The average Bonchev–Trinajstić information content (AvgIpc) is 2.95. The lowest BCUT2D eigenvalue weighted by Crippen LogP contribution is -2.25. The topological polar surface area (TPSA) is 39.1 Å². The van der Waals surface area contributed by atoms with E-state index in [0.717, 1.165) is 24.8 Å². The Morgan fingerprint density at radius 2 is 2.10 bits per heavy atom. The fraction of sp³-hybridized carbons (Fsp3) is 0.824. The fourth-order valence-electron chi connectivity index (χ4n) is 3.60. The van der Waals surface area contributed by atoms with Crippen LogP contribution in [0.4, 0.5) is 0 Å². The molecule has 0 amide bonds. The molecule has 0 radical (unpaired) electrons. The molecule has 120 valence electrons.